The van der Waals surface area contributed by atoms with Gasteiger partial charge < -0.3 is 10.5 Å². The minimum atomic E-state index is 0.171. The Bertz CT molecular complexity index is 459. The van der Waals surface area contributed by atoms with Crippen LogP contribution in [0.4, 0.5) is 0 Å². The van der Waals surface area contributed by atoms with E-state index < -0.39 is 0 Å². The quantitative estimate of drug-likeness (QED) is 0.915. The van der Waals surface area contributed by atoms with Crippen molar-refractivity contribution in [1.82, 2.24) is 0 Å². The van der Waals surface area contributed by atoms with Crippen molar-refractivity contribution in [3.63, 3.8) is 0 Å². The van der Waals surface area contributed by atoms with E-state index in [-0.39, 0.29) is 12.1 Å². The van der Waals surface area contributed by atoms with Gasteiger partial charge in [0.25, 0.3) is 0 Å². The number of rotatable bonds is 3. The van der Waals surface area contributed by atoms with Crippen molar-refractivity contribution in [3.8, 4) is 0 Å². The number of hydrogen-bond acceptors (Lipinski definition) is 2. The molecule has 0 aromatic heterocycles. The van der Waals surface area contributed by atoms with Gasteiger partial charge in [0, 0.05) is 12.0 Å². The van der Waals surface area contributed by atoms with Gasteiger partial charge in [0.15, 0.2) is 0 Å². The molecular formula is C18H29NO. The summed E-state index contributed by atoms with van der Waals surface area (Å²) in [6, 6.07) is 4.69. The highest BCUT2D eigenvalue weighted by atomic mass is 16.5. The smallest absolute Gasteiger partial charge is 0.0597 e. The van der Waals surface area contributed by atoms with E-state index in [2.05, 4.69) is 53.7 Å². The molecule has 1 aliphatic rings. The average Bonchev–Trinajstić information content (AvgIpc) is 2.58. The molecule has 5 atom stereocenters. The number of benzene rings is 1. The summed E-state index contributed by atoms with van der Waals surface area (Å²) in [5.74, 6) is 0.983. The van der Waals surface area contributed by atoms with Crippen LogP contribution in [0.5, 0.6) is 0 Å². The minimum Gasteiger partial charge on any atom is -0.375 e. The third-order valence-corrected chi connectivity index (χ3v) is 5.09. The molecule has 0 aliphatic carbocycles. The third kappa shape index (κ3) is 2.91. The van der Waals surface area contributed by atoms with Crippen LogP contribution in [-0.4, -0.2) is 18.2 Å². The monoisotopic (exact) mass is 275 g/mol. The first-order chi connectivity index (χ1) is 9.31. The zero-order valence-corrected chi connectivity index (χ0v) is 13.7. The molecule has 1 aromatic rings. The molecule has 1 heterocycles. The lowest BCUT2D eigenvalue weighted by Crippen LogP contribution is -2.39. The van der Waals surface area contributed by atoms with E-state index in [0.717, 1.165) is 6.42 Å². The van der Waals surface area contributed by atoms with Crippen LogP contribution < -0.4 is 5.73 Å². The van der Waals surface area contributed by atoms with Gasteiger partial charge in [-0.25, -0.2) is 0 Å². The normalized spacial score (nSPS) is 31.6. The van der Waals surface area contributed by atoms with Crippen LogP contribution in [0.15, 0.2) is 12.1 Å². The Hall–Kier alpha value is -0.860. The maximum Gasteiger partial charge on any atom is 0.0597 e. The summed E-state index contributed by atoms with van der Waals surface area (Å²) in [4.78, 5) is 0. The Morgan fingerprint density at radius 2 is 1.60 bits per heavy atom. The Morgan fingerprint density at radius 1 is 1.05 bits per heavy atom. The summed E-state index contributed by atoms with van der Waals surface area (Å²) in [6.45, 7) is 13.1. The summed E-state index contributed by atoms with van der Waals surface area (Å²) in [5.41, 5.74) is 12.0. The Balaban J connectivity index is 2.18. The van der Waals surface area contributed by atoms with Crippen LogP contribution in [0.1, 0.15) is 43.0 Å². The molecule has 0 spiro atoms. The third-order valence-electron chi connectivity index (χ3n) is 5.09. The molecule has 2 N–H and O–H groups in total. The number of aryl methyl sites for hydroxylation is 3. The number of ether oxygens (including phenoxy) is 1. The van der Waals surface area contributed by atoms with Gasteiger partial charge in [-0.1, -0.05) is 24.6 Å². The molecule has 1 aromatic carbocycles. The van der Waals surface area contributed by atoms with Crippen molar-refractivity contribution in [2.45, 2.75) is 66.2 Å². The highest BCUT2D eigenvalue weighted by molar-refractivity contribution is 5.38. The van der Waals surface area contributed by atoms with E-state index in [9.17, 15) is 0 Å². The Kier molecular flexibility index (Phi) is 4.55. The van der Waals surface area contributed by atoms with Crippen molar-refractivity contribution >= 4 is 0 Å². The molecule has 0 amide bonds. The zero-order valence-electron chi connectivity index (χ0n) is 13.7. The summed E-state index contributed by atoms with van der Waals surface area (Å²) >= 11 is 0. The van der Waals surface area contributed by atoms with Gasteiger partial charge in [0.2, 0.25) is 0 Å². The predicted molar refractivity (Wildman–Crippen MR) is 85.0 cm³/mol. The SMILES string of the molecule is Cc1cc(C)c(CC(N)C2C(C)OC(C)C2C)c(C)c1. The highest BCUT2D eigenvalue weighted by Gasteiger charge is 2.40. The maximum absolute atomic E-state index is 6.55. The lowest BCUT2D eigenvalue weighted by molar-refractivity contribution is 0.0490. The summed E-state index contributed by atoms with van der Waals surface area (Å²) in [6.07, 6.45) is 1.54. The van der Waals surface area contributed by atoms with Crippen LogP contribution in [0.2, 0.25) is 0 Å². The average molecular weight is 275 g/mol. The van der Waals surface area contributed by atoms with Crippen LogP contribution in [0.3, 0.4) is 0 Å². The molecule has 1 fully saturated rings. The van der Waals surface area contributed by atoms with Crippen molar-refractivity contribution < 1.29 is 4.74 Å². The maximum atomic E-state index is 6.55. The molecule has 5 unspecified atom stereocenters. The van der Waals surface area contributed by atoms with Crippen LogP contribution in [-0.2, 0) is 11.2 Å². The largest absolute Gasteiger partial charge is 0.375 e. The van der Waals surface area contributed by atoms with Gasteiger partial charge in [-0.3, -0.25) is 0 Å². The lowest BCUT2D eigenvalue weighted by Gasteiger charge is -2.27. The highest BCUT2D eigenvalue weighted by Crippen LogP contribution is 2.35. The van der Waals surface area contributed by atoms with Gasteiger partial charge in [0.1, 0.15) is 0 Å². The molecule has 2 heteroatoms. The zero-order chi connectivity index (χ0) is 15.0. The molecule has 1 saturated heterocycles. The van der Waals surface area contributed by atoms with E-state index in [1.54, 1.807) is 0 Å². The van der Waals surface area contributed by atoms with Crippen LogP contribution in [0.25, 0.3) is 0 Å². The molecule has 0 saturated carbocycles. The van der Waals surface area contributed by atoms with Crippen molar-refractivity contribution in [3.05, 3.63) is 34.4 Å². The molecule has 2 rings (SSSR count). The van der Waals surface area contributed by atoms with E-state index >= 15 is 0 Å². The summed E-state index contributed by atoms with van der Waals surface area (Å²) < 4.78 is 5.94. The first-order valence-electron chi connectivity index (χ1n) is 7.79. The topological polar surface area (TPSA) is 35.2 Å². The van der Waals surface area contributed by atoms with Crippen molar-refractivity contribution in [1.29, 1.82) is 0 Å². The second kappa shape index (κ2) is 5.87. The van der Waals surface area contributed by atoms with Gasteiger partial charge >= 0.3 is 0 Å². The van der Waals surface area contributed by atoms with E-state index in [1.165, 1.54) is 22.3 Å². The standard InChI is InChI=1S/C18H29NO/c1-10-7-11(2)16(12(3)8-10)9-17(19)18-13(4)14(5)20-15(18)6/h7-8,13-15,17-18H,9,19H2,1-6H3. The fourth-order valence-electron chi connectivity index (χ4n) is 3.94. The molecule has 20 heavy (non-hydrogen) atoms. The Labute approximate surface area is 123 Å². The van der Waals surface area contributed by atoms with E-state index in [1.807, 2.05) is 0 Å². The molecule has 112 valence electrons. The second-order valence-corrected chi connectivity index (χ2v) is 6.73. The molecule has 1 aliphatic heterocycles. The first kappa shape index (κ1) is 15.5. The fraction of sp³-hybridized carbons (Fsp3) is 0.667. The summed E-state index contributed by atoms with van der Waals surface area (Å²) in [5, 5.41) is 0. The van der Waals surface area contributed by atoms with Crippen molar-refractivity contribution in [2.75, 3.05) is 0 Å². The Morgan fingerprint density at radius 3 is 2.05 bits per heavy atom. The van der Waals surface area contributed by atoms with Crippen LogP contribution in [0, 0.1) is 32.6 Å². The second-order valence-electron chi connectivity index (χ2n) is 6.73. The van der Waals surface area contributed by atoms with Gasteiger partial charge in [-0.2, -0.15) is 0 Å². The molecular weight excluding hydrogens is 246 g/mol. The number of nitrogens with two attached hydrogens (primary N) is 1. The minimum absolute atomic E-state index is 0.171. The molecule has 2 nitrogen and oxygen atoms in total. The molecule has 0 bridgehead atoms. The van der Waals surface area contributed by atoms with Gasteiger partial charge in [-0.15, -0.1) is 0 Å². The van der Waals surface area contributed by atoms with E-state index in [4.69, 9.17) is 10.5 Å². The number of hydrogen-bond donors (Lipinski definition) is 1. The first-order valence-corrected chi connectivity index (χ1v) is 7.79. The van der Waals surface area contributed by atoms with Crippen LogP contribution >= 0.6 is 0 Å². The van der Waals surface area contributed by atoms with Gasteiger partial charge in [-0.05, 0) is 63.6 Å². The van der Waals surface area contributed by atoms with Crippen molar-refractivity contribution in [2.24, 2.45) is 17.6 Å². The van der Waals surface area contributed by atoms with E-state index in [0.29, 0.717) is 17.9 Å². The summed E-state index contributed by atoms with van der Waals surface area (Å²) in [7, 11) is 0. The predicted octanol–water partition coefficient (Wildman–Crippen LogP) is 3.54. The lowest BCUT2D eigenvalue weighted by atomic mass is 9.80. The molecule has 0 radical (unpaired) electrons. The fourth-order valence-corrected chi connectivity index (χ4v) is 3.94. The van der Waals surface area contributed by atoms with Gasteiger partial charge in [0.05, 0.1) is 12.2 Å².